The van der Waals surface area contributed by atoms with Crippen LogP contribution in [0.4, 0.5) is 0 Å². The van der Waals surface area contributed by atoms with Crippen molar-refractivity contribution in [3.05, 3.63) is 60.3 Å². The third kappa shape index (κ3) is 3.47. The molecule has 0 amide bonds. The topological polar surface area (TPSA) is 87.5 Å². The Kier molecular flexibility index (Phi) is 6.10. The molecule has 4 rings (SSSR count). The van der Waals surface area contributed by atoms with E-state index in [4.69, 9.17) is 10.00 Å². The van der Waals surface area contributed by atoms with Crippen LogP contribution in [0.5, 0.6) is 5.75 Å². The van der Waals surface area contributed by atoms with Gasteiger partial charge in [-0.15, -0.1) is 0 Å². The van der Waals surface area contributed by atoms with Crippen molar-refractivity contribution in [2.75, 3.05) is 7.11 Å². The van der Waals surface area contributed by atoms with E-state index in [1.54, 1.807) is 36.2 Å². The Morgan fingerprint density at radius 1 is 1.17 bits per heavy atom. The van der Waals surface area contributed by atoms with Crippen molar-refractivity contribution in [3.8, 4) is 29.1 Å². The van der Waals surface area contributed by atoms with Gasteiger partial charge in [-0.1, -0.05) is 38.6 Å². The summed E-state index contributed by atoms with van der Waals surface area (Å²) in [5.74, 6) is 0.693. The molecule has 6 nitrogen and oxygen atoms in total. The van der Waals surface area contributed by atoms with Gasteiger partial charge in [-0.3, -0.25) is 4.98 Å². The fourth-order valence-corrected chi connectivity index (χ4v) is 3.32. The Balaban J connectivity index is 0.00000124. The number of rotatable bonds is 4. The Hall–Kier alpha value is -4.16. The molecule has 0 aliphatic carbocycles. The van der Waals surface area contributed by atoms with E-state index < -0.39 is 0 Å². The van der Waals surface area contributed by atoms with Gasteiger partial charge in [0.15, 0.2) is 0 Å². The van der Waals surface area contributed by atoms with E-state index in [9.17, 15) is 5.26 Å². The average molecular weight is 395 g/mol. The van der Waals surface area contributed by atoms with Gasteiger partial charge in [0, 0.05) is 28.0 Å². The number of methoxy groups -OCH3 is 1. The van der Waals surface area contributed by atoms with Crippen molar-refractivity contribution in [2.24, 2.45) is 0 Å². The van der Waals surface area contributed by atoms with Crippen LogP contribution in [0.25, 0.3) is 39.1 Å². The largest absolute Gasteiger partial charge is 0.496 e. The molecule has 0 aliphatic heterocycles. The average Bonchev–Trinajstić information content (AvgIpc) is 3.18. The van der Waals surface area contributed by atoms with E-state index in [1.807, 2.05) is 38.1 Å². The summed E-state index contributed by atoms with van der Waals surface area (Å²) in [7, 11) is 1.61. The van der Waals surface area contributed by atoms with Gasteiger partial charge in [0.1, 0.15) is 18.0 Å². The zero-order valence-corrected chi connectivity index (χ0v) is 17.2. The minimum atomic E-state index is 0.116. The van der Waals surface area contributed by atoms with E-state index in [1.165, 1.54) is 0 Å². The van der Waals surface area contributed by atoms with Gasteiger partial charge in [-0.25, -0.2) is 4.68 Å². The van der Waals surface area contributed by atoms with Crippen molar-refractivity contribution < 1.29 is 4.74 Å². The van der Waals surface area contributed by atoms with Gasteiger partial charge in [0.05, 0.1) is 42.0 Å². The highest BCUT2D eigenvalue weighted by molar-refractivity contribution is 6.12. The maximum atomic E-state index is 9.19. The highest BCUT2D eigenvalue weighted by Gasteiger charge is 2.17. The highest BCUT2D eigenvalue weighted by Crippen LogP contribution is 2.36. The lowest BCUT2D eigenvalue weighted by atomic mass is 10.0. The van der Waals surface area contributed by atoms with Crippen LogP contribution in [-0.2, 0) is 6.54 Å². The molecule has 6 heteroatoms. The Morgan fingerprint density at radius 2 is 1.90 bits per heavy atom. The third-order valence-corrected chi connectivity index (χ3v) is 4.66. The van der Waals surface area contributed by atoms with E-state index in [2.05, 4.69) is 28.8 Å². The van der Waals surface area contributed by atoms with E-state index in [0.717, 1.165) is 38.6 Å². The van der Waals surface area contributed by atoms with Crippen LogP contribution < -0.4 is 4.74 Å². The van der Waals surface area contributed by atoms with Gasteiger partial charge < -0.3 is 4.74 Å². The first-order valence-corrected chi connectivity index (χ1v) is 9.57. The van der Waals surface area contributed by atoms with E-state index >= 15 is 0 Å². The molecule has 0 unspecified atom stereocenters. The van der Waals surface area contributed by atoms with Crippen LogP contribution >= 0.6 is 0 Å². The predicted molar refractivity (Wildman–Crippen MR) is 119 cm³/mol. The molecular formula is C24H21N5O. The number of pyridine rings is 1. The Bertz CT molecular complexity index is 1300. The molecule has 0 spiro atoms. The van der Waals surface area contributed by atoms with Crippen molar-refractivity contribution in [2.45, 2.75) is 20.4 Å². The molecule has 2 aromatic heterocycles. The molecule has 0 saturated heterocycles. The Morgan fingerprint density at radius 3 is 2.50 bits per heavy atom. The zero-order valence-electron chi connectivity index (χ0n) is 17.2. The summed E-state index contributed by atoms with van der Waals surface area (Å²) in [4.78, 5) is 4.54. The quantitative estimate of drug-likeness (QED) is 0.466. The molecule has 0 radical (unpaired) electrons. The number of nitrogens with zero attached hydrogens (tertiary/aromatic N) is 5. The second-order valence-corrected chi connectivity index (χ2v) is 6.19. The van der Waals surface area contributed by atoms with Crippen molar-refractivity contribution in [1.82, 2.24) is 14.8 Å². The molecule has 0 fully saturated rings. The molecule has 0 bridgehead atoms. The lowest BCUT2D eigenvalue weighted by Crippen LogP contribution is -1.98. The van der Waals surface area contributed by atoms with Crippen LogP contribution in [0.1, 0.15) is 25.0 Å². The summed E-state index contributed by atoms with van der Waals surface area (Å²) >= 11 is 0. The molecule has 4 aromatic rings. The number of ether oxygens (including phenoxy) is 1. The number of nitriles is 2. The van der Waals surface area contributed by atoms with Crippen LogP contribution in [-0.4, -0.2) is 21.9 Å². The Labute approximate surface area is 175 Å². The van der Waals surface area contributed by atoms with Gasteiger partial charge in [-0.2, -0.15) is 15.6 Å². The SMILES string of the molecule is C=Cc1cc2c(cc1OC)ncc1c2c(-c2ccc(C#N)cc2)nn1CC#N.CC. The summed E-state index contributed by atoms with van der Waals surface area (Å²) in [6, 6.07) is 15.3. The first kappa shape index (κ1) is 20.6. The second kappa shape index (κ2) is 8.89. The fourth-order valence-electron chi connectivity index (χ4n) is 3.32. The normalized spacial score (nSPS) is 10.0. The molecule has 2 aromatic carbocycles. The number of benzene rings is 2. The maximum Gasteiger partial charge on any atom is 0.128 e. The summed E-state index contributed by atoms with van der Waals surface area (Å²) < 4.78 is 7.08. The van der Waals surface area contributed by atoms with Crippen molar-refractivity contribution in [1.29, 1.82) is 10.5 Å². The molecule has 0 saturated carbocycles. The summed E-state index contributed by atoms with van der Waals surface area (Å²) in [5, 5.41) is 24.7. The van der Waals surface area contributed by atoms with E-state index in [0.29, 0.717) is 11.3 Å². The van der Waals surface area contributed by atoms with Crippen LogP contribution in [0, 0.1) is 22.7 Å². The van der Waals surface area contributed by atoms with Crippen molar-refractivity contribution in [3.63, 3.8) is 0 Å². The monoisotopic (exact) mass is 395 g/mol. The minimum Gasteiger partial charge on any atom is -0.496 e. The van der Waals surface area contributed by atoms with E-state index in [-0.39, 0.29) is 6.54 Å². The number of hydrogen-bond donors (Lipinski definition) is 0. The number of hydrogen-bond acceptors (Lipinski definition) is 5. The summed E-state index contributed by atoms with van der Waals surface area (Å²) in [5.41, 5.74) is 4.57. The fraction of sp³-hybridized carbons (Fsp3) is 0.167. The molecule has 0 N–H and O–H groups in total. The molecule has 148 valence electrons. The maximum absolute atomic E-state index is 9.19. The lowest BCUT2D eigenvalue weighted by Gasteiger charge is -2.08. The number of fused-ring (bicyclic) bond motifs is 3. The predicted octanol–water partition coefficient (Wildman–Crippen LogP) is 5.32. The molecule has 30 heavy (non-hydrogen) atoms. The first-order valence-electron chi connectivity index (χ1n) is 9.57. The summed E-state index contributed by atoms with van der Waals surface area (Å²) in [6.45, 7) is 7.98. The molecule has 0 atom stereocenters. The standard InChI is InChI=1S/C22H15N5O.C2H6/c1-3-15-10-17-18(11-20(15)28-2)25-13-19-21(17)22(26-27(19)9-8-23)16-6-4-14(12-24)5-7-16;1-2/h3-7,10-11,13H,1,9H2,2H3;1-2H3. The third-order valence-electron chi connectivity index (χ3n) is 4.66. The number of aromatic nitrogens is 3. The van der Waals surface area contributed by atoms with Crippen LogP contribution in [0.3, 0.4) is 0 Å². The minimum absolute atomic E-state index is 0.116. The highest BCUT2D eigenvalue weighted by atomic mass is 16.5. The summed E-state index contributed by atoms with van der Waals surface area (Å²) in [6.07, 6.45) is 3.46. The van der Waals surface area contributed by atoms with Gasteiger partial charge >= 0.3 is 0 Å². The van der Waals surface area contributed by atoms with Gasteiger partial charge in [-0.05, 0) is 18.2 Å². The second-order valence-electron chi connectivity index (χ2n) is 6.19. The van der Waals surface area contributed by atoms with Crippen molar-refractivity contribution >= 4 is 27.9 Å². The van der Waals surface area contributed by atoms with Gasteiger partial charge in [0.2, 0.25) is 0 Å². The van der Waals surface area contributed by atoms with Gasteiger partial charge in [0.25, 0.3) is 0 Å². The lowest BCUT2D eigenvalue weighted by molar-refractivity contribution is 0.414. The van der Waals surface area contributed by atoms with Crippen LogP contribution in [0.2, 0.25) is 0 Å². The van der Waals surface area contributed by atoms with Crippen LogP contribution in [0.15, 0.2) is 49.2 Å². The molecule has 0 aliphatic rings. The molecule has 2 heterocycles. The first-order chi connectivity index (χ1) is 14.7. The zero-order chi connectivity index (χ0) is 21.7. The smallest absolute Gasteiger partial charge is 0.128 e. The molecular weight excluding hydrogens is 374 g/mol.